The van der Waals surface area contributed by atoms with Crippen LogP contribution in [0.25, 0.3) is 10.9 Å². The standard InChI is InChI=1S/C18H25N3/c1-3-4-11-21(16-9-10-16)18-15(13-19-2)12-14-7-5-6-8-17(14)20-18/h5-8,12,16,19H,3-4,9-11,13H2,1-2H3. The van der Waals surface area contributed by atoms with Crippen molar-refractivity contribution in [1.29, 1.82) is 0 Å². The zero-order valence-electron chi connectivity index (χ0n) is 13.1. The van der Waals surface area contributed by atoms with E-state index in [0.717, 1.165) is 18.6 Å². The fraction of sp³-hybridized carbons (Fsp3) is 0.500. The summed E-state index contributed by atoms with van der Waals surface area (Å²) in [6, 6.07) is 11.4. The number of nitrogens with zero attached hydrogens (tertiary/aromatic N) is 2. The Kier molecular flexibility index (Phi) is 4.39. The molecule has 1 heterocycles. The predicted molar refractivity (Wildman–Crippen MR) is 89.8 cm³/mol. The van der Waals surface area contributed by atoms with Crippen LogP contribution in [0.5, 0.6) is 0 Å². The largest absolute Gasteiger partial charge is 0.353 e. The van der Waals surface area contributed by atoms with Crippen LogP contribution in [-0.2, 0) is 6.54 Å². The first kappa shape index (κ1) is 14.3. The number of rotatable bonds is 7. The van der Waals surface area contributed by atoms with Crippen LogP contribution < -0.4 is 10.2 Å². The van der Waals surface area contributed by atoms with Crippen LogP contribution >= 0.6 is 0 Å². The Bertz CT molecular complexity index is 604. The molecule has 0 unspecified atom stereocenters. The summed E-state index contributed by atoms with van der Waals surface area (Å²) in [5.41, 5.74) is 2.42. The third kappa shape index (κ3) is 3.18. The molecule has 3 nitrogen and oxygen atoms in total. The second-order valence-corrected chi connectivity index (χ2v) is 5.97. The summed E-state index contributed by atoms with van der Waals surface area (Å²) >= 11 is 0. The van der Waals surface area contributed by atoms with Gasteiger partial charge in [0.05, 0.1) is 5.52 Å². The topological polar surface area (TPSA) is 28.2 Å². The molecule has 1 fully saturated rings. The van der Waals surface area contributed by atoms with Crippen molar-refractivity contribution in [3.63, 3.8) is 0 Å². The van der Waals surface area contributed by atoms with Gasteiger partial charge in [0.1, 0.15) is 5.82 Å². The number of fused-ring (bicyclic) bond motifs is 1. The maximum absolute atomic E-state index is 4.99. The highest BCUT2D eigenvalue weighted by atomic mass is 15.2. The normalized spacial score (nSPS) is 14.6. The molecule has 0 aliphatic heterocycles. The highest BCUT2D eigenvalue weighted by Crippen LogP contribution is 2.34. The lowest BCUT2D eigenvalue weighted by Gasteiger charge is -2.26. The van der Waals surface area contributed by atoms with E-state index in [1.54, 1.807) is 0 Å². The first-order chi connectivity index (χ1) is 10.3. The predicted octanol–water partition coefficient (Wildman–Crippen LogP) is 3.72. The SMILES string of the molecule is CCCCN(c1nc2ccccc2cc1CNC)C1CC1. The van der Waals surface area contributed by atoms with Gasteiger partial charge in [0, 0.05) is 30.1 Å². The summed E-state index contributed by atoms with van der Waals surface area (Å²) in [6.07, 6.45) is 5.11. The molecule has 1 aliphatic carbocycles. The number of nitrogens with one attached hydrogen (secondary N) is 1. The molecule has 1 aliphatic rings. The zero-order valence-corrected chi connectivity index (χ0v) is 13.1. The van der Waals surface area contributed by atoms with Gasteiger partial charge >= 0.3 is 0 Å². The number of hydrogen-bond acceptors (Lipinski definition) is 3. The number of benzene rings is 1. The second-order valence-electron chi connectivity index (χ2n) is 5.97. The van der Waals surface area contributed by atoms with Crippen LogP contribution in [0.4, 0.5) is 5.82 Å². The van der Waals surface area contributed by atoms with Gasteiger partial charge in [-0.15, -0.1) is 0 Å². The molecule has 0 saturated heterocycles. The smallest absolute Gasteiger partial charge is 0.134 e. The van der Waals surface area contributed by atoms with Gasteiger partial charge in [-0.3, -0.25) is 0 Å². The second kappa shape index (κ2) is 6.44. The van der Waals surface area contributed by atoms with Gasteiger partial charge in [-0.2, -0.15) is 0 Å². The third-order valence-corrected chi connectivity index (χ3v) is 4.16. The van der Waals surface area contributed by atoms with Crippen molar-refractivity contribution >= 4 is 16.7 Å². The molecule has 3 heteroatoms. The Morgan fingerprint density at radius 2 is 2.10 bits per heavy atom. The van der Waals surface area contributed by atoms with Gasteiger partial charge in [0.2, 0.25) is 0 Å². The lowest BCUT2D eigenvalue weighted by Crippen LogP contribution is -2.29. The summed E-state index contributed by atoms with van der Waals surface area (Å²) in [5, 5.41) is 4.53. The molecule has 3 rings (SSSR count). The molecule has 1 aromatic heterocycles. The van der Waals surface area contributed by atoms with Gasteiger partial charge in [0.15, 0.2) is 0 Å². The van der Waals surface area contributed by atoms with Crippen LogP contribution in [0.15, 0.2) is 30.3 Å². The van der Waals surface area contributed by atoms with E-state index in [0.29, 0.717) is 6.04 Å². The van der Waals surface area contributed by atoms with E-state index in [-0.39, 0.29) is 0 Å². The van der Waals surface area contributed by atoms with Crippen molar-refractivity contribution in [2.24, 2.45) is 0 Å². The minimum absolute atomic E-state index is 0.709. The number of aromatic nitrogens is 1. The number of hydrogen-bond donors (Lipinski definition) is 1. The molecule has 21 heavy (non-hydrogen) atoms. The number of pyridine rings is 1. The lowest BCUT2D eigenvalue weighted by molar-refractivity contribution is 0.696. The molecular weight excluding hydrogens is 258 g/mol. The Labute approximate surface area is 127 Å². The van der Waals surface area contributed by atoms with Gasteiger partial charge in [0.25, 0.3) is 0 Å². The summed E-state index contributed by atoms with van der Waals surface area (Å²) in [4.78, 5) is 7.54. The first-order valence-corrected chi connectivity index (χ1v) is 8.13. The Balaban J connectivity index is 2.02. The van der Waals surface area contributed by atoms with Gasteiger partial charge in [-0.1, -0.05) is 31.5 Å². The quantitative estimate of drug-likeness (QED) is 0.839. The van der Waals surface area contributed by atoms with E-state index < -0.39 is 0 Å². The molecule has 1 aromatic carbocycles. The number of para-hydroxylation sites is 1. The highest BCUT2D eigenvalue weighted by Gasteiger charge is 2.30. The molecule has 0 amide bonds. The number of unbranched alkanes of at least 4 members (excludes halogenated alkanes) is 1. The van der Waals surface area contributed by atoms with E-state index in [1.807, 2.05) is 7.05 Å². The Hall–Kier alpha value is -1.61. The third-order valence-electron chi connectivity index (χ3n) is 4.16. The van der Waals surface area contributed by atoms with Crippen molar-refractivity contribution in [3.8, 4) is 0 Å². The molecule has 0 spiro atoms. The fourth-order valence-corrected chi connectivity index (χ4v) is 2.89. The molecule has 1 N–H and O–H groups in total. The Morgan fingerprint density at radius 3 is 2.81 bits per heavy atom. The van der Waals surface area contributed by atoms with Crippen molar-refractivity contribution < 1.29 is 0 Å². The van der Waals surface area contributed by atoms with E-state index in [9.17, 15) is 0 Å². The van der Waals surface area contributed by atoms with Gasteiger partial charge in [-0.05, 0) is 38.4 Å². The van der Waals surface area contributed by atoms with Crippen molar-refractivity contribution in [2.75, 3.05) is 18.5 Å². The summed E-state index contributed by atoms with van der Waals surface area (Å²) in [6.45, 7) is 4.26. The van der Waals surface area contributed by atoms with E-state index >= 15 is 0 Å². The molecular formula is C18H25N3. The summed E-state index contributed by atoms with van der Waals surface area (Å²) in [5.74, 6) is 1.19. The highest BCUT2D eigenvalue weighted by molar-refractivity contribution is 5.82. The average molecular weight is 283 g/mol. The van der Waals surface area contributed by atoms with E-state index in [4.69, 9.17) is 4.98 Å². The molecule has 0 radical (unpaired) electrons. The van der Waals surface area contributed by atoms with Crippen molar-refractivity contribution in [2.45, 2.75) is 45.2 Å². The average Bonchev–Trinajstić information content (AvgIpc) is 3.33. The summed E-state index contributed by atoms with van der Waals surface area (Å²) in [7, 11) is 2.01. The minimum Gasteiger partial charge on any atom is -0.353 e. The van der Waals surface area contributed by atoms with Crippen LogP contribution in [0.2, 0.25) is 0 Å². The first-order valence-electron chi connectivity index (χ1n) is 8.13. The molecule has 2 aromatic rings. The molecule has 112 valence electrons. The van der Waals surface area contributed by atoms with Gasteiger partial charge in [-0.25, -0.2) is 4.98 Å². The van der Waals surface area contributed by atoms with E-state index in [2.05, 4.69) is 47.5 Å². The van der Waals surface area contributed by atoms with Crippen molar-refractivity contribution in [3.05, 3.63) is 35.9 Å². The van der Waals surface area contributed by atoms with Crippen LogP contribution in [0.1, 0.15) is 38.2 Å². The van der Waals surface area contributed by atoms with Crippen LogP contribution in [0.3, 0.4) is 0 Å². The molecule has 1 saturated carbocycles. The van der Waals surface area contributed by atoms with Crippen LogP contribution in [0, 0.1) is 0 Å². The maximum atomic E-state index is 4.99. The maximum Gasteiger partial charge on any atom is 0.134 e. The lowest BCUT2D eigenvalue weighted by atomic mass is 10.1. The van der Waals surface area contributed by atoms with Crippen molar-refractivity contribution in [1.82, 2.24) is 10.3 Å². The monoisotopic (exact) mass is 283 g/mol. The van der Waals surface area contributed by atoms with Gasteiger partial charge < -0.3 is 10.2 Å². The number of anilines is 1. The molecule has 0 atom stereocenters. The minimum atomic E-state index is 0.709. The Morgan fingerprint density at radius 1 is 1.29 bits per heavy atom. The zero-order chi connectivity index (χ0) is 14.7. The fourth-order valence-electron chi connectivity index (χ4n) is 2.89. The summed E-state index contributed by atoms with van der Waals surface area (Å²) < 4.78 is 0. The van der Waals surface area contributed by atoms with Crippen LogP contribution in [-0.4, -0.2) is 24.6 Å². The van der Waals surface area contributed by atoms with E-state index in [1.165, 1.54) is 42.5 Å². The molecule has 0 bridgehead atoms.